The molecule has 1 unspecified atom stereocenters. The summed E-state index contributed by atoms with van der Waals surface area (Å²) in [6.45, 7) is 1.54. The van der Waals surface area contributed by atoms with Crippen LogP contribution in [0.3, 0.4) is 0 Å². The summed E-state index contributed by atoms with van der Waals surface area (Å²) < 4.78 is 18.5. The predicted molar refractivity (Wildman–Crippen MR) is 62.3 cm³/mol. The zero-order valence-corrected chi connectivity index (χ0v) is 9.58. The van der Waals surface area contributed by atoms with Gasteiger partial charge >= 0.3 is 0 Å². The first kappa shape index (κ1) is 11.9. The molecule has 0 radical (unpaired) electrons. The van der Waals surface area contributed by atoms with Gasteiger partial charge in [-0.2, -0.15) is 5.26 Å². The van der Waals surface area contributed by atoms with E-state index in [-0.39, 0.29) is 5.56 Å². The van der Waals surface area contributed by atoms with Crippen LogP contribution in [0.2, 0.25) is 0 Å². The van der Waals surface area contributed by atoms with Gasteiger partial charge in [0.2, 0.25) is 0 Å². The molecular formula is C13H15FN2O. The summed E-state index contributed by atoms with van der Waals surface area (Å²) in [4.78, 5) is 0. The van der Waals surface area contributed by atoms with Crippen LogP contribution in [0.25, 0.3) is 0 Å². The molecule has 1 aliphatic rings. The Kier molecular flexibility index (Phi) is 3.94. The number of rotatable bonds is 3. The lowest BCUT2D eigenvalue weighted by molar-refractivity contribution is 0.238. The van der Waals surface area contributed by atoms with E-state index in [1.165, 1.54) is 31.0 Å². The number of hydrogen-bond acceptors (Lipinski definition) is 3. The van der Waals surface area contributed by atoms with Crippen LogP contribution in [-0.2, 0) is 0 Å². The molecule has 1 aromatic carbocycles. The first-order valence-electron chi connectivity index (χ1n) is 5.85. The van der Waals surface area contributed by atoms with Crippen molar-refractivity contribution in [1.82, 2.24) is 5.32 Å². The number of nitrogens with zero attached hydrogens (tertiary/aromatic N) is 1. The Bertz CT molecular complexity index is 422. The summed E-state index contributed by atoms with van der Waals surface area (Å²) in [6, 6.07) is 6.29. The molecule has 1 atom stereocenters. The van der Waals surface area contributed by atoms with Crippen molar-refractivity contribution in [2.45, 2.75) is 25.3 Å². The summed E-state index contributed by atoms with van der Waals surface area (Å²) in [5, 5.41) is 12.2. The van der Waals surface area contributed by atoms with Crippen molar-refractivity contribution < 1.29 is 9.13 Å². The SMILES string of the molecule is N#Cc1cc(F)ccc1OCC1CCCCN1. The predicted octanol–water partition coefficient (Wildman–Crippen LogP) is 2.22. The molecule has 1 N–H and O–H groups in total. The summed E-state index contributed by atoms with van der Waals surface area (Å²) in [7, 11) is 0. The van der Waals surface area contributed by atoms with Crippen LogP contribution >= 0.6 is 0 Å². The second-order valence-corrected chi connectivity index (χ2v) is 4.21. The van der Waals surface area contributed by atoms with Crippen LogP contribution in [0.5, 0.6) is 5.75 Å². The molecule has 0 spiro atoms. The minimum atomic E-state index is -0.412. The van der Waals surface area contributed by atoms with Crippen molar-refractivity contribution in [3.05, 3.63) is 29.6 Å². The molecule has 1 aliphatic heterocycles. The lowest BCUT2D eigenvalue weighted by Gasteiger charge is -2.23. The molecule has 3 nitrogen and oxygen atoms in total. The topological polar surface area (TPSA) is 45.0 Å². The zero-order chi connectivity index (χ0) is 12.1. The molecule has 90 valence electrons. The highest BCUT2D eigenvalue weighted by Crippen LogP contribution is 2.19. The summed E-state index contributed by atoms with van der Waals surface area (Å²) >= 11 is 0. The van der Waals surface area contributed by atoms with Crippen molar-refractivity contribution in [1.29, 1.82) is 5.26 Å². The normalized spacial score (nSPS) is 19.6. The van der Waals surface area contributed by atoms with Crippen LogP contribution in [-0.4, -0.2) is 19.2 Å². The first-order chi connectivity index (χ1) is 8.29. The maximum atomic E-state index is 12.9. The van der Waals surface area contributed by atoms with Gasteiger partial charge in [0, 0.05) is 6.04 Å². The number of nitrogens with one attached hydrogen (secondary N) is 1. The minimum Gasteiger partial charge on any atom is -0.491 e. The van der Waals surface area contributed by atoms with Gasteiger partial charge in [-0.05, 0) is 37.6 Å². The summed E-state index contributed by atoms with van der Waals surface area (Å²) in [5.74, 6) is 0.0472. The Hall–Kier alpha value is -1.60. The average Bonchev–Trinajstić information content (AvgIpc) is 2.38. The molecule has 2 rings (SSSR count). The molecule has 0 saturated carbocycles. The fourth-order valence-corrected chi connectivity index (χ4v) is 1.97. The molecule has 0 amide bonds. The molecule has 0 bridgehead atoms. The van der Waals surface area contributed by atoms with Gasteiger partial charge in [-0.1, -0.05) is 6.42 Å². The van der Waals surface area contributed by atoms with E-state index in [9.17, 15) is 4.39 Å². The van der Waals surface area contributed by atoms with Crippen LogP contribution in [0.4, 0.5) is 4.39 Å². The van der Waals surface area contributed by atoms with E-state index in [2.05, 4.69) is 5.32 Å². The molecule has 17 heavy (non-hydrogen) atoms. The van der Waals surface area contributed by atoms with Gasteiger partial charge in [0.1, 0.15) is 24.2 Å². The standard InChI is InChI=1S/C13H15FN2O/c14-11-4-5-13(10(7-11)8-15)17-9-12-3-1-2-6-16-12/h4-5,7,12,16H,1-3,6,9H2. The summed E-state index contributed by atoms with van der Waals surface area (Å²) in [6.07, 6.45) is 3.50. The Morgan fingerprint density at radius 3 is 3.06 bits per heavy atom. The largest absolute Gasteiger partial charge is 0.491 e. The van der Waals surface area contributed by atoms with E-state index in [4.69, 9.17) is 10.00 Å². The van der Waals surface area contributed by atoms with Gasteiger partial charge < -0.3 is 10.1 Å². The van der Waals surface area contributed by atoms with Crippen molar-refractivity contribution >= 4 is 0 Å². The third-order valence-electron chi connectivity index (χ3n) is 2.91. The van der Waals surface area contributed by atoms with Gasteiger partial charge in [-0.25, -0.2) is 4.39 Å². The molecule has 1 aromatic rings. The average molecular weight is 234 g/mol. The van der Waals surface area contributed by atoms with Crippen LogP contribution in [0.1, 0.15) is 24.8 Å². The molecule has 1 fully saturated rings. The third-order valence-corrected chi connectivity index (χ3v) is 2.91. The lowest BCUT2D eigenvalue weighted by Crippen LogP contribution is -2.38. The van der Waals surface area contributed by atoms with Crippen LogP contribution < -0.4 is 10.1 Å². The highest BCUT2D eigenvalue weighted by atomic mass is 19.1. The molecule has 0 aromatic heterocycles. The highest BCUT2D eigenvalue weighted by Gasteiger charge is 2.14. The van der Waals surface area contributed by atoms with E-state index < -0.39 is 5.82 Å². The summed E-state index contributed by atoms with van der Waals surface area (Å²) in [5.41, 5.74) is 0.251. The maximum absolute atomic E-state index is 12.9. The third kappa shape index (κ3) is 3.18. The smallest absolute Gasteiger partial charge is 0.137 e. The van der Waals surface area contributed by atoms with Crippen LogP contribution in [0, 0.1) is 17.1 Å². The Morgan fingerprint density at radius 1 is 1.47 bits per heavy atom. The quantitative estimate of drug-likeness (QED) is 0.872. The Balaban J connectivity index is 1.96. The molecule has 1 saturated heterocycles. The number of hydrogen-bond donors (Lipinski definition) is 1. The van der Waals surface area contributed by atoms with E-state index in [1.54, 1.807) is 0 Å². The molecule has 0 aliphatic carbocycles. The maximum Gasteiger partial charge on any atom is 0.137 e. The second kappa shape index (κ2) is 5.65. The van der Waals surface area contributed by atoms with E-state index in [1.807, 2.05) is 6.07 Å². The fraction of sp³-hybridized carbons (Fsp3) is 0.462. The van der Waals surface area contributed by atoms with Gasteiger partial charge in [-0.3, -0.25) is 0 Å². The van der Waals surface area contributed by atoms with Gasteiger partial charge in [-0.15, -0.1) is 0 Å². The lowest BCUT2D eigenvalue weighted by atomic mass is 10.1. The monoisotopic (exact) mass is 234 g/mol. The Labute approximate surface area is 100 Å². The molecule has 1 heterocycles. The van der Waals surface area contributed by atoms with Crippen molar-refractivity contribution in [2.75, 3.05) is 13.2 Å². The number of nitriles is 1. The zero-order valence-electron chi connectivity index (χ0n) is 9.58. The van der Waals surface area contributed by atoms with Crippen molar-refractivity contribution in [3.63, 3.8) is 0 Å². The second-order valence-electron chi connectivity index (χ2n) is 4.21. The van der Waals surface area contributed by atoms with Gasteiger partial charge in [0.05, 0.1) is 5.56 Å². The number of benzene rings is 1. The van der Waals surface area contributed by atoms with E-state index >= 15 is 0 Å². The van der Waals surface area contributed by atoms with E-state index in [0.29, 0.717) is 18.4 Å². The van der Waals surface area contributed by atoms with Crippen molar-refractivity contribution in [2.24, 2.45) is 0 Å². The van der Waals surface area contributed by atoms with Gasteiger partial charge in [0.15, 0.2) is 0 Å². The van der Waals surface area contributed by atoms with E-state index in [0.717, 1.165) is 13.0 Å². The minimum absolute atomic E-state index is 0.251. The fourth-order valence-electron chi connectivity index (χ4n) is 1.97. The number of ether oxygens (including phenoxy) is 1. The number of halogens is 1. The van der Waals surface area contributed by atoms with Crippen LogP contribution in [0.15, 0.2) is 18.2 Å². The highest BCUT2D eigenvalue weighted by molar-refractivity contribution is 5.43. The molecule has 4 heteroatoms. The molecular weight excluding hydrogens is 219 g/mol. The van der Waals surface area contributed by atoms with Crippen molar-refractivity contribution in [3.8, 4) is 11.8 Å². The number of piperidine rings is 1. The first-order valence-corrected chi connectivity index (χ1v) is 5.85. The Morgan fingerprint density at radius 2 is 2.35 bits per heavy atom. The van der Waals surface area contributed by atoms with Gasteiger partial charge in [0.25, 0.3) is 0 Å².